The third kappa shape index (κ3) is 1.76. The Morgan fingerprint density at radius 3 is 2.67 bits per heavy atom. The van der Waals surface area contributed by atoms with E-state index in [1.807, 2.05) is 6.20 Å². The van der Waals surface area contributed by atoms with Crippen LogP contribution >= 0.6 is 0 Å². The molecule has 2 heterocycles. The predicted octanol–water partition coefficient (Wildman–Crippen LogP) is 3.35. The molecule has 0 amide bonds. The molecule has 0 N–H and O–H groups in total. The molecule has 0 bridgehead atoms. The summed E-state index contributed by atoms with van der Waals surface area (Å²) in [5, 5.41) is 0. The van der Waals surface area contributed by atoms with E-state index in [9.17, 15) is 0 Å². The van der Waals surface area contributed by atoms with E-state index in [1.165, 1.54) is 11.1 Å². The van der Waals surface area contributed by atoms with Gasteiger partial charge in [-0.3, -0.25) is 4.98 Å². The van der Waals surface area contributed by atoms with E-state index in [0.717, 1.165) is 11.9 Å². The van der Waals surface area contributed by atoms with Crippen LogP contribution in [0.4, 0.5) is 0 Å². The second-order valence-corrected chi connectivity index (χ2v) is 4.96. The summed E-state index contributed by atoms with van der Waals surface area (Å²) in [6.07, 6.45) is 5.13. The van der Waals surface area contributed by atoms with Gasteiger partial charge in [-0.15, -0.1) is 0 Å². The average molecular weight is 202 g/mol. The largest absolute Gasteiger partial charge is 0.341 e. The smallest absolute Gasteiger partial charge is 0.0881 e. The minimum atomic E-state index is 0.121. The maximum Gasteiger partial charge on any atom is 0.0881 e. The Kier molecular flexibility index (Phi) is 2.29. The minimum absolute atomic E-state index is 0.121. The second-order valence-electron chi connectivity index (χ2n) is 4.96. The standard InChI is InChI=1S/C13H18N2/c1-5-10-8-12-11(14-9-10)6-7-15(12)13(2,3)4/h6-9H,5H2,1-4H3. The van der Waals surface area contributed by atoms with Crippen molar-refractivity contribution < 1.29 is 0 Å². The zero-order valence-corrected chi connectivity index (χ0v) is 9.91. The van der Waals surface area contributed by atoms with Crippen molar-refractivity contribution in [3.05, 3.63) is 30.1 Å². The molecule has 0 unspecified atom stereocenters. The van der Waals surface area contributed by atoms with Gasteiger partial charge >= 0.3 is 0 Å². The van der Waals surface area contributed by atoms with Crippen molar-refractivity contribution in [2.24, 2.45) is 0 Å². The highest BCUT2D eigenvalue weighted by Crippen LogP contribution is 2.23. The molecule has 0 saturated carbocycles. The molecular formula is C13H18N2. The first kappa shape index (κ1) is 10.2. The van der Waals surface area contributed by atoms with E-state index >= 15 is 0 Å². The first-order chi connectivity index (χ1) is 7.02. The lowest BCUT2D eigenvalue weighted by Crippen LogP contribution is -2.20. The lowest BCUT2D eigenvalue weighted by molar-refractivity contribution is 0.411. The molecule has 0 aromatic carbocycles. The van der Waals surface area contributed by atoms with Crippen molar-refractivity contribution >= 4 is 11.0 Å². The van der Waals surface area contributed by atoms with Crippen LogP contribution in [0.1, 0.15) is 33.3 Å². The molecule has 2 heteroatoms. The summed E-state index contributed by atoms with van der Waals surface area (Å²) in [5.74, 6) is 0. The lowest BCUT2D eigenvalue weighted by atomic mass is 10.1. The molecule has 15 heavy (non-hydrogen) atoms. The number of hydrogen-bond acceptors (Lipinski definition) is 1. The van der Waals surface area contributed by atoms with E-state index in [1.54, 1.807) is 0 Å². The molecule has 0 aliphatic heterocycles. The SMILES string of the molecule is CCc1cnc2ccn(C(C)(C)C)c2c1. The zero-order chi connectivity index (χ0) is 11.1. The summed E-state index contributed by atoms with van der Waals surface area (Å²) in [4.78, 5) is 4.47. The van der Waals surface area contributed by atoms with Gasteiger partial charge < -0.3 is 4.57 Å². The van der Waals surface area contributed by atoms with E-state index in [0.29, 0.717) is 0 Å². The van der Waals surface area contributed by atoms with Crippen molar-refractivity contribution in [3.63, 3.8) is 0 Å². The van der Waals surface area contributed by atoms with Crippen LogP contribution in [-0.2, 0) is 12.0 Å². The molecule has 2 nitrogen and oxygen atoms in total. The highest BCUT2D eigenvalue weighted by molar-refractivity contribution is 5.76. The van der Waals surface area contributed by atoms with Gasteiger partial charge in [-0.2, -0.15) is 0 Å². The Balaban J connectivity index is 2.67. The Morgan fingerprint density at radius 2 is 2.07 bits per heavy atom. The van der Waals surface area contributed by atoms with Gasteiger partial charge in [-0.05, 0) is 44.9 Å². The highest BCUT2D eigenvalue weighted by Gasteiger charge is 2.15. The number of rotatable bonds is 1. The van der Waals surface area contributed by atoms with Gasteiger partial charge in [0, 0.05) is 17.9 Å². The summed E-state index contributed by atoms with van der Waals surface area (Å²) >= 11 is 0. The zero-order valence-electron chi connectivity index (χ0n) is 9.91. The summed E-state index contributed by atoms with van der Waals surface area (Å²) in [7, 11) is 0. The first-order valence-electron chi connectivity index (χ1n) is 5.49. The molecule has 0 aliphatic rings. The van der Waals surface area contributed by atoms with E-state index in [-0.39, 0.29) is 5.54 Å². The van der Waals surface area contributed by atoms with E-state index < -0.39 is 0 Å². The quantitative estimate of drug-likeness (QED) is 0.693. The molecule has 0 radical (unpaired) electrons. The molecule has 0 spiro atoms. The van der Waals surface area contributed by atoms with Gasteiger partial charge in [0.25, 0.3) is 0 Å². The van der Waals surface area contributed by atoms with Crippen molar-refractivity contribution in [2.45, 2.75) is 39.7 Å². The third-order valence-corrected chi connectivity index (χ3v) is 2.73. The Hall–Kier alpha value is -1.31. The van der Waals surface area contributed by atoms with Crippen LogP contribution < -0.4 is 0 Å². The van der Waals surface area contributed by atoms with Gasteiger partial charge in [0.15, 0.2) is 0 Å². The van der Waals surface area contributed by atoms with E-state index in [2.05, 4.69) is 55.6 Å². The van der Waals surface area contributed by atoms with Crippen LogP contribution in [0.2, 0.25) is 0 Å². The Labute approximate surface area is 90.9 Å². The van der Waals surface area contributed by atoms with Crippen LogP contribution in [0.25, 0.3) is 11.0 Å². The molecule has 2 aromatic rings. The van der Waals surface area contributed by atoms with Gasteiger partial charge in [-0.25, -0.2) is 0 Å². The summed E-state index contributed by atoms with van der Waals surface area (Å²) in [6, 6.07) is 4.33. The fourth-order valence-electron chi connectivity index (χ4n) is 1.83. The molecule has 0 fully saturated rings. The molecule has 80 valence electrons. The number of aromatic nitrogens is 2. The number of hydrogen-bond donors (Lipinski definition) is 0. The monoisotopic (exact) mass is 202 g/mol. The molecular weight excluding hydrogens is 184 g/mol. The van der Waals surface area contributed by atoms with Gasteiger partial charge in [0.2, 0.25) is 0 Å². The number of pyridine rings is 1. The van der Waals surface area contributed by atoms with Crippen LogP contribution in [0, 0.1) is 0 Å². The number of nitrogens with zero attached hydrogens (tertiary/aromatic N) is 2. The van der Waals surface area contributed by atoms with Crippen LogP contribution in [0.5, 0.6) is 0 Å². The number of fused-ring (bicyclic) bond motifs is 1. The van der Waals surface area contributed by atoms with Gasteiger partial charge in [0.1, 0.15) is 0 Å². The minimum Gasteiger partial charge on any atom is -0.341 e. The van der Waals surface area contributed by atoms with Gasteiger partial charge in [-0.1, -0.05) is 6.92 Å². The molecule has 2 rings (SSSR count). The summed E-state index contributed by atoms with van der Waals surface area (Å²) in [6.45, 7) is 8.80. The molecule has 0 atom stereocenters. The Bertz CT molecular complexity index is 475. The van der Waals surface area contributed by atoms with E-state index in [4.69, 9.17) is 0 Å². The topological polar surface area (TPSA) is 17.8 Å². The third-order valence-electron chi connectivity index (χ3n) is 2.73. The van der Waals surface area contributed by atoms with Gasteiger partial charge in [0.05, 0.1) is 11.0 Å². The Morgan fingerprint density at radius 1 is 1.33 bits per heavy atom. The fraction of sp³-hybridized carbons (Fsp3) is 0.462. The van der Waals surface area contributed by atoms with Crippen molar-refractivity contribution in [1.82, 2.24) is 9.55 Å². The van der Waals surface area contributed by atoms with Crippen LogP contribution in [-0.4, -0.2) is 9.55 Å². The number of aryl methyl sites for hydroxylation is 1. The normalized spacial score (nSPS) is 12.3. The molecule has 0 aliphatic carbocycles. The van der Waals surface area contributed by atoms with Crippen molar-refractivity contribution in [2.75, 3.05) is 0 Å². The van der Waals surface area contributed by atoms with Crippen LogP contribution in [0.3, 0.4) is 0 Å². The maximum atomic E-state index is 4.47. The maximum absolute atomic E-state index is 4.47. The average Bonchev–Trinajstić information content (AvgIpc) is 2.59. The predicted molar refractivity (Wildman–Crippen MR) is 64.1 cm³/mol. The second kappa shape index (κ2) is 3.37. The van der Waals surface area contributed by atoms with Crippen LogP contribution in [0.15, 0.2) is 24.5 Å². The van der Waals surface area contributed by atoms with Crippen molar-refractivity contribution in [1.29, 1.82) is 0 Å². The highest BCUT2D eigenvalue weighted by atomic mass is 15.0. The van der Waals surface area contributed by atoms with Crippen molar-refractivity contribution in [3.8, 4) is 0 Å². The summed E-state index contributed by atoms with van der Waals surface area (Å²) < 4.78 is 2.29. The summed E-state index contributed by atoms with van der Waals surface area (Å²) in [5.41, 5.74) is 3.74. The molecule has 2 aromatic heterocycles. The molecule has 0 saturated heterocycles. The first-order valence-corrected chi connectivity index (χ1v) is 5.49. The fourth-order valence-corrected chi connectivity index (χ4v) is 1.83. The lowest BCUT2D eigenvalue weighted by Gasteiger charge is -2.22.